The molecular formula is C18H37O14P9. The van der Waals surface area contributed by atoms with Crippen LogP contribution in [-0.2, 0) is 64.4 Å². The molecule has 0 aromatic carbocycles. The lowest BCUT2D eigenvalue weighted by molar-refractivity contribution is -0.341. The zero-order valence-corrected chi connectivity index (χ0v) is 31.7. The summed E-state index contributed by atoms with van der Waals surface area (Å²) in [6.07, 6.45) is -5.66. The Morgan fingerprint density at radius 1 is 0.585 bits per heavy atom. The van der Waals surface area contributed by atoms with Crippen LogP contribution in [0.4, 0.5) is 0 Å². The summed E-state index contributed by atoms with van der Waals surface area (Å²) in [6, 6.07) is 0. The van der Waals surface area contributed by atoms with Gasteiger partial charge in [-0.05, 0) is 6.08 Å². The van der Waals surface area contributed by atoms with Gasteiger partial charge in [0.2, 0.25) is 0 Å². The summed E-state index contributed by atoms with van der Waals surface area (Å²) >= 11 is 0. The number of hydrogen-bond donors (Lipinski definition) is 0. The maximum atomic E-state index is 12.4. The average Bonchev–Trinajstić information content (AvgIpc) is 2.98. The molecule has 0 bridgehead atoms. The highest BCUT2D eigenvalue weighted by molar-refractivity contribution is 7.25. The van der Waals surface area contributed by atoms with E-state index in [0.717, 1.165) is 0 Å². The molecule has 14 nitrogen and oxygen atoms in total. The van der Waals surface area contributed by atoms with Gasteiger partial charge in [0.1, 0.15) is 60.6 Å². The number of ether oxygens (including phenoxy) is 5. The van der Waals surface area contributed by atoms with Crippen LogP contribution in [0, 0.1) is 0 Å². The van der Waals surface area contributed by atoms with Crippen LogP contribution in [0.3, 0.4) is 0 Å². The van der Waals surface area contributed by atoms with Gasteiger partial charge in [-0.1, -0.05) is 0 Å². The summed E-state index contributed by atoms with van der Waals surface area (Å²) in [7, 11) is 17.2. The summed E-state index contributed by atoms with van der Waals surface area (Å²) in [5, 5.41) is 0. The Hall–Kier alpha value is 2.60. The van der Waals surface area contributed by atoms with Crippen molar-refractivity contribution in [3.8, 4) is 0 Å². The topological polar surface area (TPSA) is 137 Å². The first-order chi connectivity index (χ1) is 20.0. The predicted molar refractivity (Wildman–Crippen MR) is 172 cm³/mol. The molecule has 0 N–H and O–H groups in total. The molecule has 0 spiro atoms. The Balaban J connectivity index is 1.89. The van der Waals surface area contributed by atoms with Crippen molar-refractivity contribution in [2.75, 3.05) is 19.8 Å². The summed E-state index contributed by atoms with van der Waals surface area (Å²) in [4.78, 5) is 0. The quantitative estimate of drug-likeness (QED) is 0.213. The molecule has 3 rings (SSSR count). The van der Waals surface area contributed by atoms with E-state index >= 15 is 0 Å². The zero-order valence-electron chi connectivity index (χ0n) is 21.6. The van der Waals surface area contributed by atoms with Crippen LogP contribution in [0.25, 0.3) is 0 Å². The lowest BCUT2D eigenvalue weighted by Gasteiger charge is -2.49. The van der Waals surface area contributed by atoms with Gasteiger partial charge in [0.25, 0.3) is 0 Å². The third-order valence-corrected chi connectivity index (χ3v) is 9.62. The van der Waals surface area contributed by atoms with Crippen molar-refractivity contribution in [1.82, 2.24) is 0 Å². The first kappa shape index (κ1) is 38.1. The Kier molecular flexibility index (Phi) is 18.6. The molecule has 41 heavy (non-hydrogen) atoms. The lowest BCUT2D eigenvalue weighted by atomic mass is 9.97. The second kappa shape index (κ2) is 20.1. The van der Waals surface area contributed by atoms with E-state index in [1.807, 2.05) is 0 Å². The smallest absolute Gasteiger partial charge is 0.187 e. The normalized spacial score (nSPS) is 41.4. The van der Waals surface area contributed by atoms with Gasteiger partial charge in [-0.2, -0.15) is 0 Å². The van der Waals surface area contributed by atoms with Gasteiger partial charge < -0.3 is 59.9 Å². The first-order valence-electron chi connectivity index (χ1n) is 12.0. The monoisotopic (exact) mass is 756 g/mol. The molecule has 0 amide bonds. The molecule has 0 aliphatic carbocycles. The molecule has 0 aromatic rings. The molecule has 0 saturated carbocycles. The molecule has 3 aliphatic rings. The Bertz CT molecular complexity index is 810. The minimum Gasteiger partial charge on any atom is -0.493 e. The lowest BCUT2D eigenvalue weighted by Crippen LogP contribution is -2.65. The van der Waals surface area contributed by atoms with Crippen molar-refractivity contribution in [1.29, 1.82) is 0 Å². The minimum absolute atomic E-state index is 0.0531. The van der Waals surface area contributed by atoms with Crippen molar-refractivity contribution in [2.45, 2.75) is 79.3 Å². The van der Waals surface area contributed by atoms with E-state index in [0.29, 0.717) is 0 Å². The highest BCUT2D eigenvalue weighted by Gasteiger charge is 2.54. The second-order valence-electron chi connectivity index (χ2n) is 8.89. The Labute approximate surface area is 259 Å². The van der Waals surface area contributed by atoms with Crippen molar-refractivity contribution in [3.05, 3.63) is 12.3 Å². The fourth-order valence-electron chi connectivity index (χ4n) is 4.79. The van der Waals surface area contributed by atoms with Crippen molar-refractivity contribution in [2.24, 2.45) is 0 Å². The van der Waals surface area contributed by atoms with E-state index in [1.165, 1.54) is 6.26 Å². The third kappa shape index (κ3) is 9.58. The van der Waals surface area contributed by atoms with Gasteiger partial charge in [0, 0.05) is 75.7 Å². The van der Waals surface area contributed by atoms with Crippen LogP contribution in [0.5, 0.6) is 0 Å². The molecule has 14 unspecified atom stereocenters. The number of rotatable bonds is 16. The molecule has 0 radical (unpaired) electrons. The summed E-state index contributed by atoms with van der Waals surface area (Å²) in [6.45, 7) is 0.384. The van der Waals surface area contributed by atoms with Crippen LogP contribution in [-0.4, -0.2) is 99.1 Å². The van der Waals surface area contributed by atoms with Crippen LogP contribution in [0.2, 0.25) is 0 Å². The van der Waals surface area contributed by atoms with Crippen molar-refractivity contribution in [3.63, 3.8) is 0 Å². The maximum absolute atomic E-state index is 12.4. The standard InChI is InChI=1S/C18H37O14P9/c19-41-16-14(31-39)12(29-37)9(5-23-35)25-18(16)27-11-8(4-22-34)24-17(15(32-40)13(11)30-38)26-10-6(28-36)1-2-20-7(10)3-21-33/h1-2,6-18H,3-5,33-40H2/t6?,7?,8?,9?,10-,11-,12-,13-,14-,15?,16?,17-,18+/m0/s1. The van der Waals surface area contributed by atoms with Crippen LogP contribution in [0.15, 0.2) is 12.3 Å². The molecule has 2 saturated heterocycles. The predicted octanol–water partition coefficient (Wildman–Crippen LogP) is 2.08. The minimum atomic E-state index is -1.05. The van der Waals surface area contributed by atoms with Crippen molar-refractivity contribution < 1.29 is 64.4 Å². The highest BCUT2D eigenvalue weighted by Crippen LogP contribution is 2.40. The zero-order chi connectivity index (χ0) is 29.9. The summed E-state index contributed by atoms with van der Waals surface area (Å²) in [5.41, 5.74) is -0.787. The molecular weight excluding hydrogens is 719 g/mol. The number of hydrogen-bond acceptors (Lipinski definition) is 14. The van der Waals surface area contributed by atoms with E-state index in [-0.39, 0.29) is 28.3 Å². The average molecular weight is 756 g/mol. The van der Waals surface area contributed by atoms with Crippen molar-refractivity contribution >= 4 is 84.2 Å². The van der Waals surface area contributed by atoms with Gasteiger partial charge in [-0.25, -0.2) is 0 Å². The Morgan fingerprint density at radius 3 is 1.66 bits per heavy atom. The Morgan fingerprint density at radius 2 is 1.12 bits per heavy atom. The highest BCUT2D eigenvalue weighted by atomic mass is 31.1. The SMILES string of the molecule is O=PC1[C@@H](O[C@H]2C(COP)O[C@@H](O[C@H]3C(OP)C=COC3COP)C(OP)[C@H]2OP)OC(COP)[C@H](OP)[C@@H]1OP. The van der Waals surface area contributed by atoms with E-state index in [2.05, 4.69) is 75.7 Å². The summed E-state index contributed by atoms with van der Waals surface area (Å²) < 4.78 is 87.4. The van der Waals surface area contributed by atoms with Gasteiger partial charge in [-0.15, -0.1) is 0 Å². The molecule has 238 valence electrons. The van der Waals surface area contributed by atoms with Gasteiger partial charge in [0.05, 0.1) is 26.1 Å². The third-order valence-electron chi connectivity index (χ3n) is 6.69. The molecule has 3 aliphatic heterocycles. The first-order valence-corrected chi connectivity index (χ1v) is 16.6. The second-order valence-corrected chi connectivity index (χ2v) is 12.1. The fraction of sp³-hybridized carbons (Fsp3) is 0.889. The molecule has 23 heteroatoms. The molecule has 3 heterocycles. The van der Waals surface area contributed by atoms with Crippen LogP contribution < -0.4 is 0 Å². The maximum Gasteiger partial charge on any atom is 0.187 e. The van der Waals surface area contributed by atoms with Crippen LogP contribution in [0.1, 0.15) is 0 Å². The van der Waals surface area contributed by atoms with E-state index in [1.54, 1.807) is 6.08 Å². The molecule has 2 fully saturated rings. The van der Waals surface area contributed by atoms with E-state index in [9.17, 15) is 4.57 Å². The molecule has 0 aromatic heterocycles. The van der Waals surface area contributed by atoms with E-state index < -0.39 is 79.3 Å². The van der Waals surface area contributed by atoms with Gasteiger partial charge >= 0.3 is 0 Å². The van der Waals surface area contributed by atoms with Crippen LogP contribution >= 0.6 is 84.2 Å². The molecule has 21 atom stereocenters. The van der Waals surface area contributed by atoms with E-state index in [4.69, 9.17) is 59.9 Å². The largest absolute Gasteiger partial charge is 0.493 e. The summed E-state index contributed by atoms with van der Waals surface area (Å²) in [5.74, 6) is 0. The van der Waals surface area contributed by atoms with Gasteiger partial charge in [-0.3, -0.25) is 4.57 Å². The fourth-order valence-corrected chi connectivity index (χ4v) is 7.59. The van der Waals surface area contributed by atoms with Gasteiger partial charge in [0.15, 0.2) is 27.1 Å².